The summed E-state index contributed by atoms with van der Waals surface area (Å²) in [5.41, 5.74) is 2.87. The van der Waals surface area contributed by atoms with Gasteiger partial charge < -0.3 is 9.72 Å². The van der Waals surface area contributed by atoms with Gasteiger partial charge >= 0.3 is 0 Å². The van der Waals surface area contributed by atoms with Crippen molar-refractivity contribution < 1.29 is 4.79 Å². The van der Waals surface area contributed by atoms with E-state index in [1.165, 1.54) is 0 Å². The predicted molar refractivity (Wildman–Crippen MR) is 90.7 cm³/mol. The van der Waals surface area contributed by atoms with Crippen molar-refractivity contribution in [1.29, 1.82) is 0 Å². The molecule has 1 amide bonds. The summed E-state index contributed by atoms with van der Waals surface area (Å²) >= 11 is 0. The van der Waals surface area contributed by atoms with Crippen LogP contribution in [-0.2, 0) is 6.42 Å². The molecule has 23 heavy (non-hydrogen) atoms. The van der Waals surface area contributed by atoms with Crippen molar-refractivity contribution in [1.82, 2.24) is 14.4 Å². The summed E-state index contributed by atoms with van der Waals surface area (Å²) in [4.78, 5) is 21.3. The minimum Gasteiger partial charge on any atom is -0.320 e. The number of pyridine rings is 2. The van der Waals surface area contributed by atoms with E-state index in [0.29, 0.717) is 11.6 Å². The minimum atomic E-state index is -0.200. The number of hydrogen-bond acceptors (Lipinski definition) is 3. The average Bonchev–Trinajstić information content (AvgIpc) is 2.86. The van der Waals surface area contributed by atoms with E-state index in [1.807, 2.05) is 41.8 Å². The monoisotopic (exact) mass is 308 g/mol. The number of nitrogens with zero attached hydrogens (tertiary/aromatic N) is 3. The maximum Gasteiger partial charge on any atom is 0.276 e. The number of aryl methyl sites for hydroxylation is 1. The zero-order valence-electron chi connectivity index (χ0n) is 13.6. The molecular weight excluding hydrogens is 288 g/mol. The number of imidazole rings is 1. The second kappa shape index (κ2) is 6.20. The van der Waals surface area contributed by atoms with E-state index in [9.17, 15) is 4.79 Å². The number of hydrogen-bond donors (Lipinski definition) is 1. The third-order valence-corrected chi connectivity index (χ3v) is 3.58. The zero-order chi connectivity index (χ0) is 16.4. The number of carbonyl (C=O) groups is 1. The fraction of sp³-hybridized carbons (Fsp3) is 0.278. The lowest BCUT2D eigenvalue weighted by molar-refractivity contribution is 0.102. The van der Waals surface area contributed by atoms with Crippen molar-refractivity contribution in [2.75, 3.05) is 5.32 Å². The van der Waals surface area contributed by atoms with E-state index in [-0.39, 0.29) is 5.91 Å². The molecule has 0 atom stereocenters. The van der Waals surface area contributed by atoms with Crippen LogP contribution in [0, 0.1) is 12.8 Å². The Morgan fingerprint density at radius 3 is 2.87 bits per heavy atom. The van der Waals surface area contributed by atoms with Gasteiger partial charge in [-0.2, -0.15) is 0 Å². The average molecular weight is 308 g/mol. The molecule has 0 unspecified atom stereocenters. The van der Waals surface area contributed by atoms with E-state index in [0.717, 1.165) is 29.1 Å². The van der Waals surface area contributed by atoms with Gasteiger partial charge in [0, 0.05) is 30.2 Å². The second-order valence-electron chi connectivity index (χ2n) is 6.07. The number of carbonyl (C=O) groups excluding carboxylic acids is 1. The Hall–Kier alpha value is -2.69. The van der Waals surface area contributed by atoms with Gasteiger partial charge in [0.2, 0.25) is 0 Å². The second-order valence-corrected chi connectivity index (χ2v) is 6.07. The van der Waals surface area contributed by atoms with Crippen molar-refractivity contribution in [3.05, 3.63) is 59.9 Å². The van der Waals surface area contributed by atoms with Gasteiger partial charge in [0.05, 0.1) is 5.52 Å². The Balaban J connectivity index is 1.97. The van der Waals surface area contributed by atoms with Crippen LogP contribution in [0.3, 0.4) is 0 Å². The van der Waals surface area contributed by atoms with Crippen molar-refractivity contribution in [3.8, 4) is 0 Å². The van der Waals surface area contributed by atoms with Gasteiger partial charge in [-0.25, -0.2) is 4.98 Å². The largest absolute Gasteiger partial charge is 0.320 e. The number of fused-ring (bicyclic) bond motifs is 1. The number of anilines is 1. The van der Waals surface area contributed by atoms with Crippen LogP contribution in [0.2, 0.25) is 0 Å². The van der Waals surface area contributed by atoms with Crippen molar-refractivity contribution in [2.24, 2.45) is 5.92 Å². The van der Waals surface area contributed by atoms with E-state index in [4.69, 9.17) is 0 Å². The number of rotatable bonds is 4. The SMILES string of the molecule is Cc1cc(NC(=O)c2nc(CC(C)C)n3ccccc23)ccn1. The normalized spacial score (nSPS) is 11.1. The molecule has 0 bridgehead atoms. The smallest absolute Gasteiger partial charge is 0.276 e. The van der Waals surface area contributed by atoms with Crippen LogP contribution in [0.1, 0.15) is 35.9 Å². The number of aromatic nitrogens is 3. The first-order valence-corrected chi connectivity index (χ1v) is 7.74. The Kier molecular flexibility index (Phi) is 4.10. The van der Waals surface area contributed by atoms with Gasteiger partial charge in [-0.05, 0) is 37.1 Å². The molecule has 1 N–H and O–H groups in total. The molecule has 0 aliphatic heterocycles. The van der Waals surface area contributed by atoms with Crippen LogP contribution in [0.15, 0.2) is 42.7 Å². The summed E-state index contributed by atoms with van der Waals surface area (Å²) in [5.74, 6) is 1.18. The van der Waals surface area contributed by atoms with E-state index in [2.05, 4.69) is 29.1 Å². The van der Waals surface area contributed by atoms with Crippen LogP contribution in [0.4, 0.5) is 5.69 Å². The highest BCUT2D eigenvalue weighted by Gasteiger charge is 2.18. The number of amides is 1. The third kappa shape index (κ3) is 3.23. The fourth-order valence-corrected chi connectivity index (χ4v) is 2.59. The summed E-state index contributed by atoms with van der Waals surface area (Å²) in [7, 11) is 0. The molecule has 0 fully saturated rings. The molecule has 0 saturated carbocycles. The van der Waals surface area contributed by atoms with Gasteiger partial charge in [0.15, 0.2) is 5.69 Å². The molecule has 3 aromatic heterocycles. The third-order valence-electron chi connectivity index (χ3n) is 3.58. The molecule has 0 spiro atoms. The van der Waals surface area contributed by atoms with Crippen LogP contribution in [0.5, 0.6) is 0 Å². The Morgan fingerprint density at radius 2 is 2.13 bits per heavy atom. The Labute approximate surface area is 135 Å². The van der Waals surface area contributed by atoms with Crippen LogP contribution in [-0.4, -0.2) is 20.3 Å². The minimum absolute atomic E-state index is 0.200. The lowest BCUT2D eigenvalue weighted by Crippen LogP contribution is -2.13. The summed E-state index contributed by atoms with van der Waals surface area (Å²) in [5, 5.41) is 2.90. The molecular formula is C18H20N4O. The molecule has 118 valence electrons. The summed E-state index contributed by atoms with van der Waals surface area (Å²) in [6, 6.07) is 9.41. The van der Waals surface area contributed by atoms with E-state index < -0.39 is 0 Å². The van der Waals surface area contributed by atoms with Crippen LogP contribution < -0.4 is 5.32 Å². The summed E-state index contributed by atoms with van der Waals surface area (Å²) in [6.07, 6.45) is 4.46. The number of nitrogens with one attached hydrogen (secondary N) is 1. The van der Waals surface area contributed by atoms with Gasteiger partial charge in [0.25, 0.3) is 5.91 Å². The van der Waals surface area contributed by atoms with Gasteiger partial charge in [-0.1, -0.05) is 19.9 Å². The Bertz CT molecular complexity index is 851. The lowest BCUT2D eigenvalue weighted by Gasteiger charge is -2.04. The fourth-order valence-electron chi connectivity index (χ4n) is 2.59. The molecule has 5 nitrogen and oxygen atoms in total. The maximum absolute atomic E-state index is 12.6. The first kappa shape index (κ1) is 15.2. The molecule has 3 heterocycles. The van der Waals surface area contributed by atoms with Gasteiger partial charge in [-0.3, -0.25) is 9.78 Å². The highest BCUT2D eigenvalue weighted by atomic mass is 16.1. The van der Waals surface area contributed by atoms with E-state index in [1.54, 1.807) is 12.3 Å². The molecule has 0 aliphatic rings. The van der Waals surface area contributed by atoms with Gasteiger partial charge in [-0.15, -0.1) is 0 Å². The van der Waals surface area contributed by atoms with Crippen molar-refractivity contribution >= 4 is 17.1 Å². The molecule has 3 rings (SSSR count). The standard InChI is InChI=1S/C18H20N4O/c1-12(2)10-16-21-17(15-6-4-5-9-22(15)16)18(23)20-14-7-8-19-13(3)11-14/h4-9,11-12H,10H2,1-3H3,(H,19,20,23). The molecule has 5 heteroatoms. The molecule has 0 saturated heterocycles. The molecule has 0 aromatic carbocycles. The molecule has 0 radical (unpaired) electrons. The Morgan fingerprint density at radius 1 is 1.30 bits per heavy atom. The topological polar surface area (TPSA) is 59.3 Å². The lowest BCUT2D eigenvalue weighted by atomic mass is 10.1. The highest BCUT2D eigenvalue weighted by Crippen LogP contribution is 2.18. The van der Waals surface area contributed by atoms with Crippen molar-refractivity contribution in [3.63, 3.8) is 0 Å². The van der Waals surface area contributed by atoms with E-state index >= 15 is 0 Å². The first-order valence-electron chi connectivity index (χ1n) is 7.74. The predicted octanol–water partition coefficient (Wildman–Crippen LogP) is 3.49. The van der Waals surface area contributed by atoms with Crippen LogP contribution in [0.25, 0.3) is 5.52 Å². The molecule has 3 aromatic rings. The van der Waals surface area contributed by atoms with Crippen LogP contribution >= 0.6 is 0 Å². The highest BCUT2D eigenvalue weighted by molar-refractivity contribution is 6.07. The first-order chi connectivity index (χ1) is 11.0. The summed E-state index contributed by atoms with van der Waals surface area (Å²) in [6.45, 7) is 6.18. The zero-order valence-corrected chi connectivity index (χ0v) is 13.6. The van der Waals surface area contributed by atoms with Gasteiger partial charge in [0.1, 0.15) is 5.82 Å². The molecule has 0 aliphatic carbocycles. The maximum atomic E-state index is 12.6. The summed E-state index contributed by atoms with van der Waals surface area (Å²) < 4.78 is 1.99. The van der Waals surface area contributed by atoms with Crippen molar-refractivity contribution in [2.45, 2.75) is 27.2 Å². The quantitative estimate of drug-likeness (QED) is 0.802.